The molecule has 8 nitrogen and oxygen atoms in total. The Morgan fingerprint density at radius 2 is 2.12 bits per heavy atom. The van der Waals surface area contributed by atoms with Crippen molar-refractivity contribution in [2.45, 2.75) is 38.8 Å². The molecule has 1 aliphatic heterocycles. The number of nitrogens with one attached hydrogen (secondary N) is 1. The van der Waals surface area contributed by atoms with Gasteiger partial charge in [0.25, 0.3) is 0 Å². The molecule has 3 aromatic heterocycles. The average Bonchev–Trinajstić information content (AvgIpc) is 3.39. The van der Waals surface area contributed by atoms with E-state index in [1.54, 1.807) is 0 Å². The number of pyridine rings is 1. The van der Waals surface area contributed by atoms with Crippen LogP contribution in [0.1, 0.15) is 32.7 Å². The zero-order chi connectivity index (χ0) is 22.4. The summed E-state index contributed by atoms with van der Waals surface area (Å²) in [6.07, 6.45) is 6.71. The molecule has 1 N–H and O–H groups in total. The summed E-state index contributed by atoms with van der Waals surface area (Å²) < 4.78 is 50.0. The predicted octanol–water partition coefficient (Wildman–Crippen LogP) is 3.55. The van der Waals surface area contributed by atoms with E-state index in [0.717, 1.165) is 38.4 Å². The summed E-state index contributed by atoms with van der Waals surface area (Å²) in [4.78, 5) is 18.4. The van der Waals surface area contributed by atoms with Crippen LogP contribution < -0.4 is 10.1 Å². The summed E-state index contributed by atoms with van der Waals surface area (Å²) >= 11 is 0. The third-order valence-corrected chi connectivity index (χ3v) is 6.05. The number of aromatic nitrogens is 4. The van der Waals surface area contributed by atoms with Gasteiger partial charge in [-0.3, -0.25) is 9.69 Å². The van der Waals surface area contributed by atoms with Crippen molar-refractivity contribution in [3.8, 4) is 17.0 Å². The SMILES string of the molecule is CCN1CC[C@@H]1COc1cnn(C(F)F)c1-c1cn2cc(NC(=O)C3CC3)nc2cc1F. The Morgan fingerprint density at radius 3 is 2.78 bits per heavy atom. The molecule has 1 saturated carbocycles. The first kappa shape index (κ1) is 20.8. The number of hydrogen-bond donors (Lipinski definition) is 1. The summed E-state index contributed by atoms with van der Waals surface area (Å²) in [6.45, 7) is 1.23. The number of likely N-dealkylation sites (N-methyl/N-ethyl adjacent to an activating group) is 1. The summed E-state index contributed by atoms with van der Waals surface area (Å²) in [5.41, 5.74) is 0.0127. The van der Waals surface area contributed by atoms with E-state index >= 15 is 4.39 Å². The van der Waals surface area contributed by atoms with Crippen LogP contribution in [-0.2, 0) is 4.79 Å². The molecule has 0 spiro atoms. The van der Waals surface area contributed by atoms with Crippen LogP contribution in [0.25, 0.3) is 16.9 Å². The van der Waals surface area contributed by atoms with Crippen molar-refractivity contribution in [2.75, 3.05) is 25.0 Å². The molecule has 3 aromatic rings. The summed E-state index contributed by atoms with van der Waals surface area (Å²) in [6, 6.07) is 1.33. The van der Waals surface area contributed by atoms with E-state index in [1.165, 1.54) is 23.0 Å². The van der Waals surface area contributed by atoms with E-state index in [0.29, 0.717) is 11.3 Å². The van der Waals surface area contributed by atoms with Gasteiger partial charge in [-0.05, 0) is 25.8 Å². The number of hydrogen-bond acceptors (Lipinski definition) is 5. The number of halogens is 3. The molecule has 1 saturated heterocycles. The number of rotatable bonds is 8. The maximum absolute atomic E-state index is 15.0. The molecular weight excluding hydrogens is 425 g/mol. The molecule has 1 amide bonds. The van der Waals surface area contributed by atoms with Gasteiger partial charge in [0.15, 0.2) is 11.6 Å². The van der Waals surface area contributed by atoms with Crippen molar-refractivity contribution in [3.05, 3.63) is 30.5 Å². The third kappa shape index (κ3) is 3.81. The van der Waals surface area contributed by atoms with Crippen LogP contribution in [0.3, 0.4) is 0 Å². The second kappa shape index (κ2) is 8.12. The highest BCUT2D eigenvalue weighted by Gasteiger charge is 2.31. The van der Waals surface area contributed by atoms with Gasteiger partial charge < -0.3 is 14.5 Å². The monoisotopic (exact) mass is 448 g/mol. The van der Waals surface area contributed by atoms with E-state index in [9.17, 15) is 13.6 Å². The van der Waals surface area contributed by atoms with Gasteiger partial charge in [-0.2, -0.15) is 18.6 Å². The second-order valence-corrected chi connectivity index (χ2v) is 8.15. The Hall–Kier alpha value is -3.08. The summed E-state index contributed by atoms with van der Waals surface area (Å²) in [5, 5.41) is 6.43. The number of ether oxygens (including phenoxy) is 1. The molecule has 4 heterocycles. The smallest absolute Gasteiger partial charge is 0.333 e. The van der Waals surface area contributed by atoms with Crippen LogP contribution in [-0.4, -0.2) is 55.7 Å². The largest absolute Gasteiger partial charge is 0.488 e. The lowest BCUT2D eigenvalue weighted by Gasteiger charge is -2.39. The fourth-order valence-electron chi connectivity index (χ4n) is 3.96. The minimum Gasteiger partial charge on any atom is -0.488 e. The van der Waals surface area contributed by atoms with E-state index in [4.69, 9.17) is 4.74 Å². The van der Waals surface area contributed by atoms with Gasteiger partial charge in [0, 0.05) is 30.8 Å². The number of amides is 1. The molecule has 0 unspecified atom stereocenters. The van der Waals surface area contributed by atoms with Crippen molar-refractivity contribution in [2.24, 2.45) is 5.92 Å². The molecule has 0 bridgehead atoms. The Morgan fingerprint density at radius 1 is 1.31 bits per heavy atom. The van der Waals surface area contributed by atoms with Gasteiger partial charge in [-0.15, -0.1) is 0 Å². The van der Waals surface area contributed by atoms with Crippen LogP contribution in [0.15, 0.2) is 24.7 Å². The molecule has 1 atom stereocenters. The predicted molar refractivity (Wildman–Crippen MR) is 110 cm³/mol. The first-order chi connectivity index (χ1) is 15.4. The van der Waals surface area contributed by atoms with E-state index in [1.807, 2.05) is 6.92 Å². The van der Waals surface area contributed by atoms with Crippen molar-refractivity contribution < 1.29 is 22.7 Å². The highest BCUT2D eigenvalue weighted by atomic mass is 19.3. The van der Waals surface area contributed by atoms with Gasteiger partial charge in [-0.1, -0.05) is 6.92 Å². The Kier molecular flexibility index (Phi) is 5.28. The molecule has 11 heteroatoms. The number of fused-ring (bicyclic) bond motifs is 1. The van der Waals surface area contributed by atoms with Crippen molar-refractivity contribution in [1.29, 1.82) is 0 Å². The molecule has 0 aromatic carbocycles. The van der Waals surface area contributed by atoms with E-state index in [2.05, 4.69) is 20.3 Å². The van der Waals surface area contributed by atoms with Crippen LogP contribution >= 0.6 is 0 Å². The maximum atomic E-state index is 15.0. The number of imidazole rings is 1. The molecule has 2 aliphatic rings. The lowest BCUT2D eigenvalue weighted by atomic mass is 10.0. The van der Waals surface area contributed by atoms with Crippen LogP contribution in [0.4, 0.5) is 19.0 Å². The summed E-state index contributed by atoms with van der Waals surface area (Å²) in [5.74, 6) is -0.505. The zero-order valence-corrected chi connectivity index (χ0v) is 17.5. The topological polar surface area (TPSA) is 76.7 Å². The quantitative estimate of drug-likeness (QED) is 0.570. The number of alkyl halides is 2. The molecule has 2 fully saturated rings. The number of carbonyl (C=O) groups excluding carboxylic acids is 1. The minimum absolute atomic E-state index is 0.00786. The third-order valence-electron chi connectivity index (χ3n) is 6.05. The van der Waals surface area contributed by atoms with Crippen LogP contribution in [0.5, 0.6) is 5.75 Å². The zero-order valence-electron chi connectivity index (χ0n) is 17.5. The van der Waals surface area contributed by atoms with Gasteiger partial charge in [0.2, 0.25) is 5.91 Å². The molecule has 170 valence electrons. The van der Waals surface area contributed by atoms with E-state index < -0.39 is 12.4 Å². The normalized spacial score (nSPS) is 18.8. The van der Waals surface area contributed by atoms with Crippen LogP contribution in [0.2, 0.25) is 0 Å². The van der Waals surface area contributed by atoms with Gasteiger partial charge in [0.1, 0.15) is 23.8 Å². The van der Waals surface area contributed by atoms with Crippen molar-refractivity contribution in [3.63, 3.8) is 0 Å². The number of nitrogens with zero attached hydrogens (tertiary/aromatic N) is 5. The minimum atomic E-state index is -2.97. The fraction of sp³-hybridized carbons (Fsp3) is 0.476. The van der Waals surface area contributed by atoms with Crippen molar-refractivity contribution >= 4 is 17.4 Å². The average molecular weight is 448 g/mol. The fourth-order valence-corrected chi connectivity index (χ4v) is 3.96. The maximum Gasteiger partial charge on any atom is 0.333 e. The lowest BCUT2D eigenvalue weighted by Crippen LogP contribution is -2.50. The first-order valence-electron chi connectivity index (χ1n) is 10.7. The van der Waals surface area contributed by atoms with E-state index in [-0.39, 0.29) is 46.3 Å². The Labute approximate surface area is 182 Å². The van der Waals surface area contributed by atoms with Crippen molar-refractivity contribution in [1.82, 2.24) is 24.1 Å². The number of carbonyl (C=O) groups is 1. The van der Waals surface area contributed by atoms with Gasteiger partial charge >= 0.3 is 6.55 Å². The highest BCUT2D eigenvalue weighted by molar-refractivity contribution is 5.93. The second-order valence-electron chi connectivity index (χ2n) is 8.15. The first-order valence-corrected chi connectivity index (χ1v) is 10.7. The number of likely N-dealkylation sites (tertiary alicyclic amines) is 1. The van der Waals surface area contributed by atoms with Crippen LogP contribution in [0, 0.1) is 11.7 Å². The van der Waals surface area contributed by atoms with Gasteiger partial charge in [0.05, 0.1) is 18.0 Å². The molecule has 32 heavy (non-hydrogen) atoms. The lowest BCUT2D eigenvalue weighted by molar-refractivity contribution is -0.117. The Balaban J connectivity index is 1.46. The molecule has 0 radical (unpaired) electrons. The van der Waals surface area contributed by atoms with Gasteiger partial charge in [-0.25, -0.2) is 9.37 Å². The Bertz CT molecular complexity index is 1150. The molecule has 5 rings (SSSR count). The summed E-state index contributed by atoms with van der Waals surface area (Å²) in [7, 11) is 0. The number of anilines is 1. The molecular formula is C21H23F3N6O2. The standard InChI is InChI=1S/C21H23F3N6O2/c1-2-28-6-5-13(28)11-32-16-8-25-30(21(23)24)19(16)14-9-29-10-17(26-18(29)7-15(14)22)27-20(31)12-3-4-12/h7-10,12-13,21H,2-6,11H2,1H3,(H,27,31)/t13-/m1/s1. The molecule has 1 aliphatic carbocycles. The highest BCUT2D eigenvalue weighted by Crippen LogP contribution is 2.36.